The molecule has 0 saturated carbocycles. The molecule has 6 nitrogen and oxygen atoms in total. The van der Waals surface area contributed by atoms with Gasteiger partial charge < -0.3 is 4.74 Å². The number of Topliss-reactive ketones (excluding diaryl/α,β-unsaturated/α-hetero) is 1. The number of hydrogen-bond donors (Lipinski definition) is 0. The van der Waals surface area contributed by atoms with Crippen LogP contribution >= 0.6 is 11.6 Å². The Balaban J connectivity index is 1.52. The van der Waals surface area contributed by atoms with Crippen LogP contribution in [0.1, 0.15) is 41.4 Å². The van der Waals surface area contributed by atoms with Crippen LogP contribution < -0.4 is 4.90 Å². The average molecular weight is 438 g/mol. The van der Waals surface area contributed by atoms with Gasteiger partial charge in [0, 0.05) is 5.56 Å². The summed E-state index contributed by atoms with van der Waals surface area (Å²) in [7, 11) is 0. The summed E-state index contributed by atoms with van der Waals surface area (Å²) in [6.07, 6.45) is 0. The van der Waals surface area contributed by atoms with E-state index in [-0.39, 0.29) is 33.0 Å². The lowest BCUT2D eigenvalue weighted by Crippen LogP contribution is -2.29. The Morgan fingerprint density at radius 1 is 0.871 bits per heavy atom. The van der Waals surface area contributed by atoms with Gasteiger partial charge in [0.2, 0.25) is 0 Å². The summed E-state index contributed by atoms with van der Waals surface area (Å²) >= 11 is 6.12. The maximum atomic E-state index is 13.0. The van der Waals surface area contributed by atoms with E-state index in [4.69, 9.17) is 16.3 Å². The number of benzene rings is 3. The van der Waals surface area contributed by atoms with Crippen LogP contribution in [0, 0.1) is 5.82 Å². The number of para-hydroxylation sites is 1. The number of halogens is 2. The Labute approximate surface area is 180 Å². The number of nitrogens with zero attached hydrogens (tertiary/aromatic N) is 1. The average Bonchev–Trinajstić information content (AvgIpc) is 3.02. The Hall–Kier alpha value is -3.84. The van der Waals surface area contributed by atoms with Crippen LogP contribution in [0.5, 0.6) is 0 Å². The van der Waals surface area contributed by atoms with E-state index in [0.717, 1.165) is 17.0 Å². The normalized spacial score (nSPS) is 12.6. The summed E-state index contributed by atoms with van der Waals surface area (Å²) in [4.78, 5) is 50.9. The maximum absolute atomic E-state index is 13.0. The van der Waals surface area contributed by atoms with E-state index in [1.54, 1.807) is 24.3 Å². The number of hydrogen-bond acceptors (Lipinski definition) is 5. The number of amides is 2. The Morgan fingerprint density at radius 3 is 2.23 bits per heavy atom. The summed E-state index contributed by atoms with van der Waals surface area (Å²) < 4.78 is 18.0. The topological polar surface area (TPSA) is 80.8 Å². The van der Waals surface area contributed by atoms with Crippen LogP contribution in [0.3, 0.4) is 0 Å². The smallest absolute Gasteiger partial charge is 0.338 e. The molecule has 0 aliphatic carbocycles. The molecule has 0 radical (unpaired) electrons. The molecule has 31 heavy (non-hydrogen) atoms. The minimum atomic E-state index is -0.838. The maximum Gasteiger partial charge on any atom is 0.338 e. The molecule has 0 N–H and O–H groups in total. The number of anilines is 1. The van der Waals surface area contributed by atoms with Crippen molar-refractivity contribution in [3.05, 3.63) is 99.8 Å². The second-order valence-corrected chi connectivity index (χ2v) is 7.07. The zero-order chi connectivity index (χ0) is 22.1. The molecule has 1 aliphatic heterocycles. The lowest BCUT2D eigenvalue weighted by Gasteiger charge is -2.15. The molecule has 0 spiro atoms. The molecule has 0 fully saturated rings. The summed E-state index contributed by atoms with van der Waals surface area (Å²) in [6, 6.07) is 15.2. The minimum absolute atomic E-state index is 0.00724. The molecule has 2 amide bonds. The van der Waals surface area contributed by atoms with Gasteiger partial charge in [0.1, 0.15) is 5.82 Å². The third-order valence-corrected chi connectivity index (χ3v) is 5.04. The van der Waals surface area contributed by atoms with E-state index in [9.17, 15) is 23.6 Å². The van der Waals surface area contributed by atoms with Crippen molar-refractivity contribution in [2.75, 3.05) is 11.5 Å². The van der Waals surface area contributed by atoms with Crippen molar-refractivity contribution in [2.45, 2.75) is 0 Å². The van der Waals surface area contributed by atoms with Gasteiger partial charge in [0.05, 0.1) is 27.4 Å². The summed E-state index contributed by atoms with van der Waals surface area (Å²) in [5.74, 6) is -3.01. The molecule has 3 aromatic rings. The molecule has 0 aromatic heterocycles. The van der Waals surface area contributed by atoms with Gasteiger partial charge in [0.25, 0.3) is 11.8 Å². The number of ether oxygens (including phenoxy) is 1. The number of carbonyl (C=O) groups excluding carboxylic acids is 4. The van der Waals surface area contributed by atoms with E-state index in [2.05, 4.69) is 0 Å². The highest BCUT2D eigenvalue weighted by atomic mass is 35.5. The predicted octanol–water partition coefficient (Wildman–Crippen LogP) is 4.32. The van der Waals surface area contributed by atoms with Crippen molar-refractivity contribution in [3.8, 4) is 0 Å². The van der Waals surface area contributed by atoms with Gasteiger partial charge in [0.15, 0.2) is 12.4 Å². The van der Waals surface area contributed by atoms with Gasteiger partial charge in [-0.05, 0) is 54.6 Å². The molecule has 0 unspecified atom stereocenters. The van der Waals surface area contributed by atoms with E-state index < -0.39 is 36.0 Å². The fourth-order valence-corrected chi connectivity index (χ4v) is 3.37. The van der Waals surface area contributed by atoms with Gasteiger partial charge in [-0.3, -0.25) is 14.4 Å². The van der Waals surface area contributed by atoms with Gasteiger partial charge in [-0.15, -0.1) is 0 Å². The summed E-state index contributed by atoms with van der Waals surface area (Å²) in [5, 5.41) is 0.232. The van der Waals surface area contributed by atoms with Crippen LogP contribution in [-0.4, -0.2) is 30.2 Å². The molecule has 3 aromatic carbocycles. The third-order valence-electron chi connectivity index (χ3n) is 4.72. The van der Waals surface area contributed by atoms with E-state index >= 15 is 0 Å². The highest BCUT2D eigenvalue weighted by molar-refractivity contribution is 6.39. The molecule has 154 valence electrons. The second-order valence-electron chi connectivity index (χ2n) is 6.66. The Kier molecular flexibility index (Phi) is 5.35. The SMILES string of the molecule is O=C(COC(=O)c1ccc2c(c1)C(=O)N(c1ccccc1Cl)C2=O)c1ccc(F)cc1. The van der Waals surface area contributed by atoms with Crippen LogP contribution in [-0.2, 0) is 4.74 Å². The van der Waals surface area contributed by atoms with Crippen molar-refractivity contribution in [1.82, 2.24) is 0 Å². The lowest BCUT2D eigenvalue weighted by molar-refractivity contribution is 0.0474. The van der Waals surface area contributed by atoms with Crippen molar-refractivity contribution >= 4 is 40.9 Å². The first-order valence-electron chi connectivity index (χ1n) is 9.10. The van der Waals surface area contributed by atoms with Gasteiger partial charge in [-0.25, -0.2) is 14.1 Å². The van der Waals surface area contributed by atoms with Gasteiger partial charge in [-0.1, -0.05) is 23.7 Å². The van der Waals surface area contributed by atoms with Crippen molar-refractivity contribution < 1.29 is 28.3 Å². The number of ketones is 1. The molecule has 1 heterocycles. The first kappa shape index (κ1) is 20.4. The number of carbonyl (C=O) groups is 4. The van der Waals surface area contributed by atoms with Crippen LogP contribution in [0.2, 0.25) is 5.02 Å². The largest absolute Gasteiger partial charge is 0.454 e. The summed E-state index contributed by atoms with van der Waals surface area (Å²) in [6.45, 7) is -0.555. The number of imide groups is 1. The van der Waals surface area contributed by atoms with Crippen LogP contribution in [0.25, 0.3) is 0 Å². The zero-order valence-corrected chi connectivity index (χ0v) is 16.6. The van der Waals surface area contributed by atoms with Crippen LogP contribution in [0.4, 0.5) is 10.1 Å². The molecule has 4 rings (SSSR count). The second kappa shape index (κ2) is 8.12. The monoisotopic (exact) mass is 437 g/mol. The standard InChI is InChI=1S/C23H13ClFNO5/c24-18-3-1-2-4-19(18)26-21(28)16-10-7-14(11-17(16)22(26)29)23(30)31-12-20(27)13-5-8-15(25)9-6-13/h1-11H,12H2. The lowest BCUT2D eigenvalue weighted by atomic mass is 10.1. The number of esters is 1. The molecule has 8 heteroatoms. The van der Waals surface area contributed by atoms with Gasteiger partial charge in [-0.2, -0.15) is 0 Å². The fourth-order valence-electron chi connectivity index (χ4n) is 3.15. The first-order valence-corrected chi connectivity index (χ1v) is 9.48. The highest BCUT2D eigenvalue weighted by Crippen LogP contribution is 2.33. The van der Waals surface area contributed by atoms with Crippen molar-refractivity contribution in [2.24, 2.45) is 0 Å². The zero-order valence-electron chi connectivity index (χ0n) is 15.8. The molecular formula is C23H13ClFNO5. The first-order chi connectivity index (χ1) is 14.9. The Morgan fingerprint density at radius 2 is 1.52 bits per heavy atom. The molecular weight excluding hydrogens is 425 g/mol. The minimum Gasteiger partial charge on any atom is -0.454 e. The summed E-state index contributed by atoms with van der Waals surface area (Å²) in [5.41, 5.74) is 0.601. The quantitative estimate of drug-likeness (QED) is 0.337. The fraction of sp³-hybridized carbons (Fsp3) is 0.0435. The van der Waals surface area contributed by atoms with E-state index in [0.29, 0.717) is 0 Å². The number of rotatable bonds is 5. The molecule has 0 bridgehead atoms. The number of fused-ring (bicyclic) bond motifs is 1. The van der Waals surface area contributed by atoms with E-state index in [1.807, 2.05) is 0 Å². The highest BCUT2D eigenvalue weighted by Gasteiger charge is 2.38. The van der Waals surface area contributed by atoms with Gasteiger partial charge >= 0.3 is 5.97 Å². The Bertz CT molecular complexity index is 1240. The molecule has 0 saturated heterocycles. The van der Waals surface area contributed by atoms with Crippen LogP contribution in [0.15, 0.2) is 66.7 Å². The van der Waals surface area contributed by atoms with Crippen molar-refractivity contribution in [1.29, 1.82) is 0 Å². The predicted molar refractivity (Wildman–Crippen MR) is 110 cm³/mol. The van der Waals surface area contributed by atoms with Crippen molar-refractivity contribution in [3.63, 3.8) is 0 Å². The molecule has 1 aliphatic rings. The van der Waals surface area contributed by atoms with E-state index in [1.165, 1.54) is 30.3 Å². The third kappa shape index (κ3) is 3.83. The molecule has 0 atom stereocenters.